The van der Waals surface area contributed by atoms with Crippen molar-refractivity contribution in [3.8, 4) is 16.9 Å². The first-order valence-corrected chi connectivity index (χ1v) is 12.5. The van der Waals surface area contributed by atoms with Gasteiger partial charge in [0.2, 0.25) is 0 Å². The zero-order valence-electron chi connectivity index (χ0n) is 20.2. The van der Waals surface area contributed by atoms with Gasteiger partial charge in [-0.3, -0.25) is 5.10 Å². The molecule has 0 saturated carbocycles. The Morgan fingerprint density at radius 2 is 1.95 bits per heavy atom. The molecule has 0 unspecified atom stereocenters. The molecule has 200 valence electrons. The normalized spacial score (nSPS) is 14.2. The van der Waals surface area contributed by atoms with Gasteiger partial charge in [-0.05, 0) is 60.8 Å². The first kappa shape index (κ1) is 26.1. The number of fused-ring (bicyclic) bond motifs is 1. The minimum absolute atomic E-state index is 0.0741. The third-order valence-corrected chi connectivity index (χ3v) is 6.46. The lowest BCUT2D eigenvalue weighted by Crippen LogP contribution is -2.52. The number of anilines is 1. The molecule has 1 fully saturated rings. The van der Waals surface area contributed by atoms with Crippen LogP contribution in [0.2, 0.25) is 5.02 Å². The van der Waals surface area contributed by atoms with Gasteiger partial charge in [-0.1, -0.05) is 22.9 Å². The second kappa shape index (κ2) is 11.5. The van der Waals surface area contributed by atoms with Crippen LogP contribution in [0, 0.1) is 0 Å². The summed E-state index contributed by atoms with van der Waals surface area (Å²) >= 11 is 5.89. The number of benzene rings is 2. The van der Waals surface area contributed by atoms with Gasteiger partial charge in [-0.25, -0.2) is 0 Å². The molecule has 38 heavy (non-hydrogen) atoms. The lowest BCUT2D eigenvalue weighted by molar-refractivity contribution is -0.274. The molecule has 0 bridgehead atoms. The standard InChI is InChI=1S/C25H25ClF3N7O2/c26-20-9-16(3-4-23(20)38-25(27,28)29)12-30-6-1-2-8-37-19-14-36(15-19)22-11-18(17-5-7-31-32-13-17)10-21-24(22)34-35-33-21/h3-5,7,9-11,13,19,30H,1-2,6,8,12,14-15H2,(H,33,34,35). The summed E-state index contributed by atoms with van der Waals surface area (Å²) in [7, 11) is 0. The number of hydrogen-bond acceptors (Lipinski definition) is 8. The van der Waals surface area contributed by atoms with E-state index in [4.69, 9.17) is 16.3 Å². The number of alkyl halides is 3. The number of hydrogen-bond donors (Lipinski definition) is 2. The number of nitrogens with one attached hydrogen (secondary N) is 2. The SMILES string of the molecule is FC(F)(F)Oc1ccc(CNCCCCOC2CN(c3cc(-c4ccnnc4)cc4[nH]nnc34)C2)cc1Cl. The van der Waals surface area contributed by atoms with Crippen LogP contribution in [0.1, 0.15) is 18.4 Å². The second-order valence-corrected chi connectivity index (χ2v) is 9.34. The summed E-state index contributed by atoms with van der Waals surface area (Å²) in [4.78, 5) is 2.23. The number of aromatic nitrogens is 5. The summed E-state index contributed by atoms with van der Waals surface area (Å²) in [5.41, 5.74) is 5.45. The van der Waals surface area contributed by atoms with E-state index in [1.807, 2.05) is 12.1 Å². The molecular formula is C25H25ClF3N7O2. The largest absolute Gasteiger partial charge is 0.573 e. The molecule has 1 aliphatic heterocycles. The summed E-state index contributed by atoms with van der Waals surface area (Å²) < 4.78 is 46.9. The predicted molar refractivity (Wildman–Crippen MR) is 136 cm³/mol. The number of rotatable bonds is 11. The average molecular weight is 548 g/mol. The first-order valence-electron chi connectivity index (χ1n) is 12.1. The highest BCUT2D eigenvalue weighted by Crippen LogP contribution is 2.34. The Morgan fingerprint density at radius 1 is 1.08 bits per heavy atom. The van der Waals surface area contributed by atoms with Crippen LogP contribution in [-0.2, 0) is 11.3 Å². The second-order valence-electron chi connectivity index (χ2n) is 8.93. The van der Waals surface area contributed by atoms with E-state index in [2.05, 4.69) is 46.6 Å². The van der Waals surface area contributed by atoms with Crippen LogP contribution in [0.25, 0.3) is 22.2 Å². The van der Waals surface area contributed by atoms with Gasteiger partial charge in [0.15, 0.2) is 0 Å². The van der Waals surface area contributed by atoms with Gasteiger partial charge in [0, 0.05) is 31.8 Å². The summed E-state index contributed by atoms with van der Waals surface area (Å²) in [6.07, 6.45) is 0.565. The summed E-state index contributed by atoms with van der Waals surface area (Å²) in [6.45, 7) is 3.44. The van der Waals surface area contributed by atoms with Crippen LogP contribution in [0.15, 0.2) is 48.8 Å². The topological polar surface area (TPSA) is 101 Å². The molecule has 0 atom stereocenters. The molecular weight excluding hydrogens is 523 g/mol. The van der Waals surface area contributed by atoms with Crippen molar-refractivity contribution in [1.82, 2.24) is 30.9 Å². The number of nitrogens with zero attached hydrogens (tertiary/aromatic N) is 5. The smallest absolute Gasteiger partial charge is 0.404 e. The Hall–Kier alpha value is -3.48. The molecule has 2 aromatic heterocycles. The lowest BCUT2D eigenvalue weighted by atomic mass is 10.0. The van der Waals surface area contributed by atoms with E-state index in [9.17, 15) is 13.2 Å². The van der Waals surface area contributed by atoms with E-state index in [0.717, 1.165) is 65.9 Å². The molecule has 0 radical (unpaired) electrons. The van der Waals surface area contributed by atoms with Gasteiger partial charge in [-0.2, -0.15) is 10.2 Å². The highest BCUT2D eigenvalue weighted by molar-refractivity contribution is 6.32. The van der Waals surface area contributed by atoms with Crippen LogP contribution < -0.4 is 15.0 Å². The lowest BCUT2D eigenvalue weighted by Gasteiger charge is -2.40. The van der Waals surface area contributed by atoms with Gasteiger partial charge >= 0.3 is 6.36 Å². The van der Waals surface area contributed by atoms with Gasteiger partial charge in [0.25, 0.3) is 0 Å². The molecule has 4 aromatic rings. The number of ether oxygens (including phenoxy) is 2. The maximum atomic E-state index is 12.3. The van der Waals surface area contributed by atoms with Crippen LogP contribution >= 0.6 is 11.6 Å². The molecule has 9 nitrogen and oxygen atoms in total. The van der Waals surface area contributed by atoms with Crippen molar-refractivity contribution < 1.29 is 22.6 Å². The van der Waals surface area contributed by atoms with Gasteiger partial charge in [0.05, 0.1) is 34.7 Å². The van der Waals surface area contributed by atoms with Crippen LogP contribution in [0.4, 0.5) is 18.9 Å². The predicted octanol–water partition coefficient (Wildman–Crippen LogP) is 4.74. The maximum Gasteiger partial charge on any atom is 0.573 e. The van der Waals surface area contributed by atoms with Gasteiger partial charge in [-0.15, -0.1) is 18.3 Å². The first-order chi connectivity index (χ1) is 18.4. The van der Waals surface area contributed by atoms with E-state index in [1.54, 1.807) is 18.5 Å². The number of H-pyrrole nitrogens is 1. The third-order valence-electron chi connectivity index (χ3n) is 6.17. The quantitative estimate of drug-likeness (QED) is 0.260. The Morgan fingerprint density at radius 3 is 2.71 bits per heavy atom. The van der Waals surface area contributed by atoms with Crippen molar-refractivity contribution in [2.75, 3.05) is 31.1 Å². The fourth-order valence-corrected chi connectivity index (χ4v) is 4.49. The van der Waals surface area contributed by atoms with Crippen molar-refractivity contribution in [2.24, 2.45) is 0 Å². The third kappa shape index (κ3) is 6.50. The molecule has 3 heterocycles. The van der Waals surface area contributed by atoms with Crippen molar-refractivity contribution in [3.63, 3.8) is 0 Å². The van der Waals surface area contributed by atoms with E-state index < -0.39 is 12.1 Å². The highest BCUT2D eigenvalue weighted by Gasteiger charge is 2.32. The van der Waals surface area contributed by atoms with Crippen LogP contribution in [0.5, 0.6) is 5.75 Å². The zero-order chi connectivity index (χ0) is 26.5. The van der Waals surface area contributed by atoms with Gasteiger partial charge < -0.3 is 19.7 Å². The van der Waals surface area contributed by atoms with Crippen molar-refractivity contribution in [2.45, 2.75) is 31.9 Å². The minimum atomic E-state index is -4.77. The van der Waals surface area contributed by atoms with E-state index in [0.29, 0.717) is 13.2 Å². The Kier molecular flexibility index (Phi) is 7.91. The van der Waals surface area contributed by atoms with Crippen LogP contribution in [-0.4, -0.2) is 64.3 Å². The van der Waals surface area contributed by atoms with Crippen molar-refractivity contribution in [3.05, 3.63) is 59.4 Å². The molecule has 2 aromatic carbocycles. The summed E-state index contributed by atoms with van der Waals surface area (Å²) in [5.74, 6) is -0.404. The molecule has 2 N–H and O–H groups in total. The van der Waals surface area contributed by atoms with Crippen molar-refractivity contribution >= 4 is 28.3 Å². The fourth-order valence-electron chi connectivity index (χ4n) is 4.24. The Bertz CT molecular complexity index is 1360. The Balaban J connectivity index is 1.02. The summed E-state index contributed by atoms with van der Waals surface area (Å²) in [5, 5.41) is 22.2. The number of aromatic amines is 1. The maximum absolute atomic E-state index is 12.3. The number of halogens is 4. The van der Waals surface area contributed by atoms with Crippen molar-refractivity contribution in [1.29, 1.82) is 0 Å². The minimum Gasteiger partial charge on any atom is -0.404 e. The molecule has 13 heteroatoms. The summed E-state index contributed by atoms with van der Waals surface area (Å²) in [6, 6.07) is 10.3. The number of unbranched alkanes of at least 4 members (excludes halogenated alkanes) is 1. The molecule has 0 aliphatic carbocycles. The van der Waals surface area contributed by atoms with Crippen LogP contribution in [0.3, 0.4) is 0 Å². The highest BCUT2D eigenvalue weighted by atomic mass is 35.5. The fraction of sp³-hybridized carbons (Fsp3) is 0.360. The van der Waals surface area contributed by atoms with Gasteiger partial charge in [0.1, 0.15) is 11.3 Å². The Labute approximate surface area is 221 Å². The van der Waals surface area contributed by atoms with E-state index >= 15 is 0 Å². The molecule has 5 rings (SSSR count). The zero-order valence-corrected chi connectivity index (χ0v) is 21.0. The molecule has 0 amide bonds. The van der Waals surface area contributed by atoms with E-state index in [1.165, 1.54) is 12.1 Å². The van der Waals surface area contributed by atoms with E-state index in [-0.39, 0.29) is 11.1 Å². The molecule has 1 saturated heterocycles. The molecule has 1 aliphatic rings. The molecule has 0 spiro atoms. The average Bonchev–Trinajstić information content (AvgIpc) is 3.34. The monoisotopic (exact) mass is 547 g/mol.